The highest BCUT2D eigenvalue weighted by molar-refractivity contribution is 6.30. The summed E-state index contributed by atoms with van der Waals surface area (Å²) >= 11 is 6.39. The first-order valence-corrected chi connectivity index (χ1v) is 9.79. The predicted molar refractivity (Wildman–Crippen MR) is 108 cm³/mol. The molecule has 6 heteroatoms. The van der Waals surface area contributed by atoms with E-state index in [0.717, 1.165) is 66.2 Å². The highest BCUT2D eigenvalue weighted by Gasteiger charge is 2.28. The van der Waals surface area contributed by atoms with Gasteiger partial charge in [-0.15, -0.1) is 0 Å². The van der Waals surface area contributed by atoms with Crippen LogP contribution in [0.3, 0.4) is 0 Å². The van der Waals surface area contributed by atoms with Gasteiger partial charge in [0.1, 0.15) is 10.9 Å². The van der Waals surface area contributed by atoms with E-state index < -0.39 is 0 Å². The summed E-state index contributed by atoms with van der Waals surface area (Å²) in [5.41, 5.74) is 4.81. The lowest BCUT2D eigenvalue weighted by Crippen LogP contribution is -2.38. The normalized spacial score (nSPS) is 17.9. The summed E-state index contributed by atoms with van der Waals surface area (Å²) in [4.78, 5) is 15.5. The van der Waals surface area contributed by atoms with Crippen LogP contribution in [0.2, 0.25) is 5.15 Å². The molecule has 0 spiro atoms. The average molecular weight is 390 g/mol. The molecule has 1 unspecified atom stereocenters. The molecule has 1 atom stereocenters. The van der Waals surface area contributed by atoms with Gasteiger partial charge in [0, 0.05) is 37.2 Å². The van der Waals surface area contributed by atoms with Gasteiger partial charge in [0.05, 0.1) is 12.8 Å². The maximum absolute atomic E-state index is 13.1. The van der Waals surface area contributed by atoms with Gasteiger partial charge in [0.25, 0.3) is 0 Å². The van der Waals surface area contributed by atoms with E-state index in [1.165, 1.54) is 0 Å². The van der Waals surface area contributed by atoms with E-state index in [1.54, 1.807) is 11.8 Å². The van der Waals surface area contributed by atoms with Crippen LogP contribution in [0.4, 0.5) is 0 Å². The van der Waals surface area contributed by atoms with E-state index >= 15 is 0 Å². The Hall–Kier alpha value is -1.85. The molecule has 2 aromatic rings. The van der Waals surface area contributed by atoms with E-state index in [2.05, 4.69) is 10.00 Å². The van der Waals surface area contributed by atoms with Crippen LogP contribution >= 0.6 is 11.6 Å². The molecular formula is C21H28ClN3O2. The Balaban J connectivity index is 1.75. The third-order valence-electron chi connectivity index (χ3n) is 5.48. The molecule has 0 saturated carbocycles. The van der Waals surface area contributed by atoms with Crippen molar-refractivity contribution in [2.45, 2.75) is 40.2 Å². The summed E-state index contributed by atoms with van der Waals surface area (Å²) < 4.78 is 7.13. The average Bonchev–Trinajstić information content (AvgIpc) is 2.87. The van der Waals surface area contributed by atoms with Crippen LogP contribution in [0, 0.1) is 26.7 Å². The van der Waals surface area contributed by atoms with E-state index in [-0.39, 0.29) is 11.7 Å². The minimum atomic E-state index is 0.0155. The van der Waals surface area contributed by atoms with E-state index in [1.807, 2.05) is 40.0 Å². The number of benzene rings is 1. The number of methoxy groups -OCH3 is 1. The molecule has 1 aliphatic heterocycles. The van der Waals surface area contributed by atoms with Crippen LogP contribution in [-0.4, -0.2) is 40.7 Å². The number of carbonyl (C=O) groups is 1. The minimum Gasteiger partial charge on any atom is -0.496 e. The maximum Gasteiger partial charge on any atom is 0.167 e. The number of piperidine rings is 1. The molecule has 0 aliphatic carbocycles. The maximum atomic E-state index is 13.1. The number of halogens is 1. The second-order valence-corrected chi connectivity index (χ2v) is 7.92. The summed E-state index contributed by atoms with van der Waals surface area (Å²) in [7, 11) is 3.52. The van der Waals surface area contributed by atoms with Crippen molar-refractivity contribution in [2.75, 3.05) is 20.2 Å². The van der Waals surface area contributed by atoms with Crippen LogP contribution in [0.5, 0.6) is 5.75 Å². The van der Waals surface area contributed by atoms with Gasteiger partial charge < -0.3 is 4.74 Å². The fraction of sp³-hybridized carbons (Fsp3) is 0.524. The number of likely N-dealkylation sites (tertiary alicyclic amines) is 1. The smallest absolute Gasteiger partial charge is 0.167 e. The van der Waals surface area contributed by atoms with Crippen molar-refractivity contribution in [3.8, 4) is 5.75 Å². The van der Waals surface area contributed by atoms with Gasteiger partial charge in [-0.25, -0.2) is 0 Å². The van der Waals surface area contributed by atoms with Gasteiger partial charge >= 0.3 is 0 Å². The first-order chi connectivity index (χ1) is 12.8. The first-order valence-electron chi connectivity index (χ1n) is 9.41. The Labute approximate surface area is 166 Å². The van der Waals surface area contributed by atoms with Crippen LogP contribution in [0.15, 0.2) is 12.1 Å². The fourth-order valence-electron chi connectivity index (χ4n) is 4.14. The molecule has 0 bridgehead atoms. The van der Waals surface area contributed by atoms with Crippen LogP contribution in [0.25, 0.3) is 0 Å². The van der Waals surface area contributed by atoms with Crippen LogP contribution < -0.4 is 4.74 Å². The minimum absolute atomic E-state index is 0.0155. The van der Waals surface area contributed by atoms with Crippen molar-refractivity contribution in [1.29, 1.82) is 0 Å². The van der Waals surface area contributed by atoms with E-state index in [4.69, 9.17) is 16.3 Å². The third-order valence-corrected chi connectivity index (χ3v) is 5.95. The second kappa shape index (κ2) is 8.03. The predicted octanol–water partition coefficient (Wildman–Crippen LogP) is 4.10. The lowest BCUT2D eigenvalue weighted by molar-refractivity contribution is 0.0811. The SMILES string of the molecule is COc1c(C)cc(C(=O)C2CCCN(Cc3c(C)nn(C)c3Cl)C2)cc1C. The number of aryl methyl sites for hydroxylation is 4. The second-order valence-electron chi connectivity index (χ2n) is 7.56. The Kier molecular flexibility index (Phi) is 5.92. The standard InChI is InChI=1S/C21H28ClN3O2/c1-13-9-17(10-14(2)20(13)27-5)19(26)16-7-6-8-25(11-16)12-18-15(3)23-24(4)21(18)22/h9-10,16H,6-8,11-12H2,1-5H3. The van der Waals surface area contributed by atoms with Gasteiger partial charge in [0.15, 0.2) is 5.78 Å². The molecule has 1 saturated heterocycles. The highest BCUT2D eigenvalue weighted by Crippen LogP contribution is 2.29. The van der Waals surface area contributed by atoms with Gasteiger partial charge in [-0.05, 0) is 63.4 Å². The van der Waals surface area contributed by atoms with Crippen LogP contribution in [-0.2, 0) is 13.6 Å². The molecule has 1 fully saturated rings. The fourth-order valence-corrected chi connectivity index (χ4v) is 4.37. The Morgan fingerprint density at radius 1 is 1.30 bits per heavy atom. The lowest BCUT2D eigenvalue weighted by atomic mass is 9.88. The zero-order chi connectivity index (χ0) is 19.7. The summed E-state index contributed by atoms with van der Waals surface area (Å²) in [6.45, 7) is 8.44. The molecular weight excluding hydrogens is 362 g/mol. The Morgan fingerprint density at radius 3 is 2.52 bits per heavy atom. The molecule has 1 aliphatic rings. The van der Waals surface area contributed by atoms with Crippen molar-refractivity contribution in [3.05, 3.63) is 45.2 Å². The highest BCUT2D eigenvalue weighted by atomic mass is 35.5. The number of hydrogen-bond donors (Lipinski definition) is 0. The number of ketones is 1. The zero-order valence-electron chi connectivity index (χ0n) is 16.8. The van der Waals surface area contributed by atoms with Gasteiger partial charge in [0.2, 0.25) is 0 Å². The molecule has 146 valence electrons. The third kappa shape index (κ3) is 4.04. The molecule has 1 aromatic carbocycles. The number of carbonyl (C=O) groups excluding carboxylic acids is 1. The Morgan fingerprint density at radius 2 is 1.96 bits per heavy atom. The van der Waals surface area contributed by atoms with Gasteiger partial charge in [-0.1, -0.05) is 11.6 Å². The molecule has 0 radical (unpaired) electrons. The van der Waals surface area contributed by atoms with E-state index in [9.17, 15) is 4.79 Å². The monoisotopic (exact) mass is 389 g/mol. The summed E-state index contributed by atoms with van der Waals surface area (Å²) in [5.74, 6) is 1.10. The number of ether oxygens (including phenoxy) is 1. The lowest BCUT2D eigenvalue weighted by Gasteiger charge is -2.32. The molecule has 27 heavy (non-hydrogen) atoms. The number of aromatic nitrogens is 2. The molecule has 0 amide bonds. The first kappa shape index (κ1) is 19.9. The van der Waals surface area contributed by atoms with Crippen LogP contribution in [0.1, 0.15) is 45.6 Å². The van der Waals surface area contributed by atoms with Crippen molar-refractivity contribution in [3.63, 3.8) is 0 Å². The molecule has 5 nitrogen and oxygen atoms in total. The zero-order valence-corrected chi connectivity index (χ0v) is 17.6. The van der Waals surface area contributed by atoms with Crippen molar-refractivity contribution >= 4 is 17.4 Å². The van der Waals surface area contributed by atoms with Crippen molar-refractivity contribution in [1.82, 2.24) is 14.7 Å². The molecule has 2 heterocycles. The Bertz CT molecular complexity index is 836. The molecule has 1 aromatic heterocycles. The molecule has 0 N–H and O–H groups in total. The van der Waals surface area contributed by atoms with Crippen molar-refractivity contribution < 1.29 is 9.53 Å². The quantitative estimate of drug-likeness (QED) is 0.722. The van der Waals surface area contributed by atoms with Crippen molar-refractivity contribution in [2.24, 2.45) is 13.0 Å². The van der Waals surface area contributed by atoms with Gasteiger partial charge in [-0.3, -0.25) is 14.4 Å². The summed E-state index contributed by atoms with van der Waals surface area (Å²) in [6.07, 6.45) is 1.95. The number of nitrogens with zero attached hydrogens (tertiary/aromatic N) is 3. The van der Waals surface area contributed by atoms with Gasteiger partial charge in [-0.2, -0.15) is 5.10 Å². The van der Waals surface area contributed by atoms with E-state index in [0.29, 0.717) is 5.15 Å². The summed E-state index contributed by atoms with van der Waals surface area (Å²) in [6, 6.07) is 3.91. The number of Topliss-reactive ketones (excluding diaryl/α,β-unsaturated/α-hetero) is 1. The summed E-state index contributed by atoms with van der Waals surface area (Å²) in [5, 5.41) is 5.08. The number of rotatable bonds is 5. The molecule has 3 rings (SSSR count). The number of hydrogen-bond acceptors (Lipinski definition) is 4. The largest absolute Gasteiger partial charge is 0.496 e. The topological polar surface area (TPSA) is 47.4 Å².